The normalized spacial score (nSPS) is 12.1. The van der Waals surface area contributed by atoms with Crippen molar-refractivity contribution in [3.63, 3.8) is 0 Å². The summed E-state index contributed by atoms with van der Waals surface area (Å²) < 4.78 is 29.0. The van der Waals surface area contributed by atoms with Crippen molar-refractivity contribution in [1.29, 1.82) is 0 Å². The van der Waals surface area contributed by atoms with E-state index in [0.29, 0.717) is 22.7 Å². The number of nitrogens with zero attached hydrogens (tertiary/aromatic N) is 2. The van der Waals surface area contributed by atoms with Gasteiger partial charge in [-0.05, 0) is 74.2 Å². The largest absolute Gasteiger partial charge is 0.357 e. The van der Waals surface area contributed by atoms with Gasteiger partial charge in [-0.3, -0.25) is 13.9 Å². The summed E-state index contributed by atoms with van der Waals surface area (Å²) in [6.07, 6.45) is 0.337. The molecule has 202 valence electrons. The van der Waals surface area contributed by atoms with E-state index in [1.807, 2.05) is 26.8 Å². The van der Waals surface area contributed by atoms with Gasteiger partial charge in [-0.1, -0.05) is 60.5 Å². The van der Waals surface area contributed by atoms with Crippen molar-refractivity contribution in [2.24, 2.45) is 0 Å². The van der Waals surface area contributed by atoms with E-state index in [4.69, 9.17) is 11.6 Å². The van der Waals surface area contributed by atoms with Gasteiger partial charge < -0.3 is 10.2 Å². The Labute approximate surface area is 230 Å². The molecular weight excluding hydrogens is 522 g/mol. The number of carbonyl (C=O) groups excluding carboxylic acids is 2. The van der Waals surface area contributed by atoms with Crippen molar-refractivity contribution in [1.82, 2.24) is 10.2 Å². The second-order valence-electron chi connectivity index (χ2n) is 9.32. The predicted octanol–water partition coefficient (Wildman–Crippen LogP) is 5.01. The Morgan fingerprint density at radius 2 is 1.53 bits per heavy atom. The molecule has 38 heavy (non-hydrogen) atoms. The first-order valence-corrected chi connectivity index (χ1v) is 14.2. The molecule has 0 unspecified atom stereocenters. The Morgan fingerprint density at radius 3 is 2.08 bits per heavy atom. The van der Waals surface area contributed by atoms with Gasteiger partial charge in [0.05, 0.1) is 10.6 Å². The van der Waals surface area contributed by atoms with Crippen LogP contribution in [0, 0.1) is 20.8 Å². The average molecular weight is 556 g/mol. The molecule has 9 heteroatoms. The number of aryl methyl sites for hydroxylation is 3. The van der Waals surface area contributed by atoms with Gasteiger partial charge in [-0.25, -0.2) is 8.42 Å². The summed E-state index contributed by atoms with van der Waals surface area (Å²) in [6, 6.07) is 18.2. The predicted molar refractivity (Wildman–Crippen MR) is 152 cm³/mol. The van der Waals surface area contributed by atoms with Gasteiger partial charge in [0.2, 0.25) is 11.8 Å². The van der Waals surface area contributed by atoms with Crippen LogP contribution in [0.2, 0.25) is 5.02 Å². The third-order valence-electron chi connectivity index (χ3n) is 6.31. The van der Waals surface area contributed by atoms with E-state index >= 15 is 0 Å². The number of hydrogen-bond donors (Lipinski definition) is 1. The topological polar surface area (TPSA) is 86.8 Å². The first kappa shape index (κ1) is 29.2. The SMILES string of the molecule is CC[C@@H](C(=O)NC)N(Cc1ccccc1Cl)C(=O)CN(c1cc(C)cc(C)c1)S(=O)(=O)c1ccc(C)cc1. The van der Waals surface area contributed by atoms with Gasteiger partial charge in [-0.2, -0.15) is 0 Å². The highest BCUT2D eigenvalue weighted by Gasteiger charge is 2.33. The van der Waals surface area contributed by atoms with Gasteiger partial charge in [0.1, 0.15) is 12.6 Å². The van der Waals surface area contributed by atoms with Crippen LogP contribution < -0.4 is 9.62 Å². The third kappa shape index (κ3) is 6.74. The van der Waals surface area contributed by atoms with Crippen LogP contribution in [0.5, 0.6) is 0 Å². The minimum atomic E-state index is -4.11. The van der Waals surface area contributed by atoms with Gasteiger partial charge in [0.25, 0.3) is 10.0 Å². The number of halogens is 1. The number of benzene rings is 3. The fraction of sp³-hybridized carbons (Fsp3) is 0.310. The number of anilines is 1. The highest BCUT2D eigenvalue weighted by molar-refractivity contribution is 7.92. The molecule has 7 nitrogen and oxygen atoms in total. The van der Waals surface area contributed by atoms with Crippen molar-refractivity contribution < 1.29 is 18.0 Å². The maximum Gasteiger partial charge on any atom is 0.264 e. The van der Waals surface area contributed by atoms with Crippen LogP contribution in [-0.4, -0.2) is 44.8 Å². The second kappa shape index (κ2) is 12.5. The van der Waals surface area contributed by atoms with Crippen molar-refractivity contribution in [2.75, 3.05) is 17.9 Å². The molecule has 3 aromatic carbocycles. The summed E-state index contributed by atoms with van der Waals surface area (Å²) in [6.45, 7) is 6.98. The van der Waals surface area contributed by atoms with Crippen LogP contribution in [0.1, 0.15) is 35.6 Å². The molecule has 0 radical (unpaired) electrons. The quantitative estimate of drug-likeness (QED) is 0.381. The molecule has 1 N–H and O–H groups in total. The van der Waals surface area contributed by atoms with Crippen LogP contribution in [0.4, 0.5) is 5.69 Å². The van der Waals surface area contributed by atoms with E-state index in [9.17, 15) is 18.0 Å². The molecule has 3 aromatic rings. The number of nitrogens with one attached hydrogen (secondary N) is 1. The molecule has 0 saturated carbocycles. The van der Waals surface area contributed by atoms with Crippen LogP contribution in [0.25, 0.3) is 0 Å². The Morgan fingerprint density at radius 1 is 0.921 bits per heavy atom. The van der Waals surface area contributed by atoms with Crippen molar-refractivity contribution in [2.45, 2.75) is 51.6 Å². The lowest BCUT2D eigenvalue weighted by atomic mass is 10.1. The molecule has 1 atom stereocenters. The smallest absolute Gasteiger partial charge is 0.264 e. The Balaban J connectivity index is 2.11. The van der Waals surface area contributed by atoms with Crippen LogP contribution >= 0.6 is 11.6 Å². The molecule has 0 heterocycles. The molecule has 0 aromatic heterocycles. The van der Waals surface area contributed by atoms with Gasteiger partial charge in [0, 0.05) is 18.6 Å². The lowest BCUT2D eigenvalue weighted by molar-refractivity contribution is -0.140. The molecule has 3 rings (SSSR count). The lowest BCUT2D eigenvalue weighted by Crippen LogP contribution is -2.51. The minimum Gasteiger partial charge on any atom is -0.357 e. The Hall–Kier alpha value is -3.36. The summed E-state index contributed by atoms with van der Waals surface area (Å²) in [5.41, 5.74) is 3.68. The zero-order valence-corrected chi connectivity index (χ0v) is 23.9. The van der Waals surface area contributed by atoms with Crippen LogP contribution in [-0.2, 0) is 26.2 Å². The number of sulfonamides is 1. The van der Waals surface area contributed by atoms with Crippen molar-refractivity contribution in [3.8, 4) is 0 Å². The molecule has 0 aliphatic heterocycles. The van der Waals surface area contributed by atoms with Crippen LogP contribution in [0.3, 0.4) is 0 Å². The van der Waals surface area contributed by atoms with E-state index in [-0.39, 0.29) is 17.3 Å². The third-order valence-corrected chi connectivity index (χ3v) is 8.47. The van der Waals surface area contributed by atoms with E-state index in [0.717, 1.165) is 21.0 Å². The Bertz CT molecular complexity index is 1390. The van der Waals surface area contributed by atoms with Gasteiger partial charge in [0.15, 0.2) is 0 Å². The summed E-state index contributed by atoms with van der Waals surface area (Å²) in [5, 5.41) is 3.07. The molecule has 0 saturated heterocycles. The van der Waals surface area contributed by atoms with Crippen molar-refractivity contribution >= 4 is 39.1 Å². The fourth-order valence-corrected chi connectivity index (χ4v) is 5.95. The zero-order valence-electron chi connectivity index (χ0n) is 22.4. The molecule has 0 aliphatic carbocycles. The standard InChI is InChI=1S/C29H34ClN3O4S/c1-6-27(29(35)31-5)32(18-23-9-7-8-10-26(23)30)28(34)19-33(24-16-21(3)15-22(4)17-24)38(36,37)25-13-11-20(2)12-14-25/h7-17,27H,6,18-19H2,1-5H3,(H,31,35)/t27-/m0/s1. The summed E-state index contributed by atoms with van der Waals surface area (Å²) >= 11 is 6.39. The van der Waals surface area contributed by atoms with E-state index < -0.39 is 28.5 Å². The summed E-state index contributed by atoms with van der Waals surface area (Å²) in [4.78, 5) is 28.2. The first-order valence-electron chi connectivity index (χ1n) is 12.4. The maximum atomic E-state index is 14.0. The number of rotatable bonds is 10. The average Bonchev–Trinajstić information content (AvgIpc) is 2.87. The zero-order chi connectivity index (χ0) is 28.0. The highest BCUT2D eigenvalue weighted by Crippen LogP contribution is 2.27. The molecule has 0 spiro atoms. The van der Waals surface area contributed by atoms with E-state index in [1.54, 1.807) is 55.5 Å². The molecular formula is C29H34ClN3O4S. The van der Waals surface area contributed by atoms with Gasteiger partial charge >= 0.3 is 0 Å². The minimum absolute atomic E-state index is 0.0513. The maximum absolute atomic E-state index is 14.0. The molecule has 0 fully saturated rings. The lowest BCUT2D eigenvalue weighted by Gasteiger charge is -2.33. The Kier molecular flexibility index (Phi) is 9.57. The monoisotopic (exact) mass is 555 g/mol. The number of amides is 2. The molecule has 0 aliphatic rings. The summed E-state index contributed by atoms with van der Waals surface area (Å²) in [5.74, 6) is -0.859. The molecule has 0 bridgehead atoms. The fourth-order valence-electron chi connectivity index (χ4n) is 4.36. The summed E-state index contributed by atoms with van der Waals surface area (Å²) in [7, 11) is -2.61. The highest BCUT2D eigenvalue weighted by atomic mass is 35.5. The molecule has 2 amide bonds. The van der Waals surface area contributed by atoms with E-state index in [2.05, 4.69) is 5.32 Å². The van der Waals surface area contributed by atoms with Crippen LogP contribution in [0.15, 0.2) is 71.6 Å². The van der Waals surface area contributed by atoms with Gasteiger partial charge in [-0.15, -0.1) is 0 Å². The number of carbonyl (C=O) groups is 2. The number of likely N-dealkylation sites (N-methyl/N-ethyl adjacent to an activating group) is 1. The first-order chi connectivity index (χ1) is 18.0. The second-order valence-corrected chi connectivity index (χ2v) is 11.6. The van der Waals surface area contributed by atoms with Crippen molar-refractivity contribution in [3.05, 3.63) is 94.0 Å². The number of hydrogen-bond acceptors (Lipinski definition) is 4. The van der Waals surface area contributed by atoms with E-state index in [1.165, 1.54) is 24.1 Å².